The van der Waals surface area contributed by atoms with Gasteiger partial charge in [-0.15, -0.1) is 0 Å². The Labute approximate surface area is 340 Å². The Balaban J connectivity index is 1.04. The quantitative estimate of drug-likeness (QED) is 0.161. The predicted octanol–water partition coefficient (Wildman–Crippen LogP) is 6.19. The molecule has 3 aliphatic carbocycles. The molecule has 0 spiro atoms. The second-order valence-electron chi connectivity index (χ2n) is 17.7. The Morgan fingerprint density at radius 1 is 1.00 bits per heavy atom. The number of hydrogen-bond donors (Lipinski definition) is 2. The molecule has 4 aromatic rings. The van der Waals surface area contributed by atoms with Crippen molar-refractivity contribution in [2.75, 3.05) is 6.54 Å². The largest absolute Gasteiger partial charge is 0.488 e. The van der Waals surface area contributed by atoms with E-state index in [1.807, 2.05) is 101 Å². The van der Waals surface area contributed by atoms with Gasteiger partial charge in [0.2, 0.25) is 11.8 Å². The number of benzene rings is 2. The first kappa shape index (κ1) is 39.9. The number of alkyl carbamates (subject to hydrolysis) is 1. The number of carbonyl (C=O) groups excluding carboxylic acids is 3. The van der Waals surface area contributed by atoms with Gasteiger partial charge in [-0.3, -0.25) is 9.59 Å². The molecular formula is C44H55BN6O7. The molecule has 9 rings (SSSR count). The van der Waals surface area contributed by atoms with Crippen LogP contribution in [0, 0.1) is 30.1 Å². The van der Waals surface area contributed by atoms with Gasteiger partial charge in [0.25, 0.3) is 0 Å². The summed E-state index contributed by atoms with van der Waals surface area (Å²) in [6, 6.07) is 18.9. The molecule has 58 heavy (non-hydrogen) atoms. The average Bonchev–Trinajstić information content (AvgIpc) is 3.94. The SMILES string of the molecule is CC[C@H](NC(=O)[C@@H]1C[C@@H](Oc2cc(-n3ccc(C)n3)nc3ccccc23)CN1C(=O)[C@@H](NC(=O)OCc1ccccc1)C(C)C)B1OC2C[C@H]3C[C@H](C3(C)C)[C@]2(C)O1. The van der Waals surface area contributed by atoms with Crippen LogP contribution in [0.4, 0.5) is 4.79 Å². The third-order valence-electron chi connectivity index (χ3n) is 13.2. The molecule has 2 bridgehead atoms. The van der Waals surface area contributed by atoms with Gasteiger partial charge in [0.15, 0.2) is 5.82 Å². The molecule has 2 saturated heterocycles. The number of likely N-dealkylation sites (tertiary alicyclic amines) is 1. The molecule has 5 aliphatic rings. The number of hydrogen-bond acceptors (Lipinski definition) is 9. The highest BCUT2D eigenvalue weighted by Crippen LogP contribution is 2.65. The zero-order chi connectivity index (χ0) is 40.9. The molecule has 4 heterocycles. The number of ether oxygens (including phenoxy) is 2. The third kappa shape index (κ3) is 7.45. The van der Waals surface area contributed by atoms with Crippen molar-refractivity contribution in [3.63, 3.8) is 0 Å². The molecule has 1 unspecified atom stereocenters. The first-order valence-corrected chi connectivity index (χ1v) is 20.8. The number of nitrogens with zero attached hydrogens (tertiary/aromatic N) is 4. The molecule has 2 N–H and O–H groups in total. The molecule has 2 aromatic heterocycles. The van der Waals surface area contributed by atoms with Crippen LogP contribution in [0.5, 0.6) is 5.75 Å². The number of amides is 3. The van der Waals surface area contributed by atoms with Crippen LogP contribution >= 0.6 is 0 Å². The second-order valence-corrected chi connectivity index (χ2v) is 17.7. The number of para-hydroxylation sites is 1. The smallest absolute Gasteiger partial charge is 0.481 e. The van der Waals surface area contributed by atoms with E-state index in [1.54, 1.807) is 9.58 Å². The number of pyridine rings is 1. The van der Waals surface area contributed by atoms with Crippen LogP contribution in [0.1, 0.15) is 78.5 Å². The molecule has 306 valence electrons. The topological polar surface area (TPSA) is 146 Å². The highest BCUT2D eigenvalue weighted by molar-refractivity contribution is 6.47. The highest BCUT2D eigenvalue weighted by Gasteiger charge is 2.68. The lowest BCUT2D eigenvalue weighted by Crippen LogP contribution is -2.65. The highest BCUT2D eigenvalue weighted by atomic mass is 16.7. The summed E-state index contributed by atoms with van der Waals surface area (Å²) in [5, 5.41) is 11.4. The first-order chi connectivity index (χ1) is 27.7. The summed E-state index contributed by atoms with van der Waals surface area (Å²) in [4.78, 5) is 48.7. The van der Waals surface area contributed by atoms with Crippen molar-refractivity contribution < 1.29 is 33.2 Å². The van der Waals surface area contributed by atoms with Gasteiger partial charge < -0.3 is 34.3 Å². The van der Waals surface area contributed by atoms with E-state index in [0.717, 1.165) is 35.0 Å². The van der Waals surface area contributed by atoms with Crippen LogP contribution in [0.2, 0.25) is 0 Å². The minimum Gasteiger partial charge on any atom is -0.488 e. The summed E-state index contributed by atoms with van der Waals surface area (Å²) >= 11 is 0. The van der Waals surface area contributed by atoms with Crippen molar-refractivity contribution in [3.05, 3.63) is 84.2 Å². The normalized spacial score (nSPS) is 26.8. The molecule has 13 nitrogen and oxygen atoms in total. The molecule has 8 atom stereocenters. The van der Waals surface area contributed by atoms with Gasteiger partial charge >= 0.3 is 13.2 Å². The van der Waals surface area contributed by atoms with Crippen LogP contribution in [-0.4, -0.2) is 87.1 Å². The number of carbonyl (C=O) groups is 3. The van der Waals surface area contributed by atoms with Gasteiger partial charge in [-0.05, 0) is 80.0 Å². The zero-order valence-corrected chi connectivity index (χ0v) is 34.5. The van der Waals surface area contributed by atoms with Crippen molar-refractivity contribution in [1.82, 2.24) is 30.3 Å². The number of rotatable bonds is 12. The molecular weight excluding hydrogens is 735 g/mol. The Morgan fingerprint density at radius 3 is 2.47 bits per heavy atom. The van der Waals surface area contributed by atoms with E-state index in [4.69, 9.17) is 23.8 Å². The maximum absolute atomic E-state index is 14.6. The van der Waals surface area contributed by atoms with Crippen LogP contribution in [0.15, 0.2) is 72.9 Å². The van der Waals surface area contributed by atoms with Gasteiger partial charge in [0.1, 0.15) is 30.5 Å². The summed E-state index contributed by atoms with van der Waals surface area (Å²) in [7, 11) is -0.617. The first-order valence-electron chi connectivity index (χ1n) is 20.8. The van der Waals surface area contributed by atoms with Crippen molar-refractivity contribution in [3.8, 4) is 11.6 Å². The van der Waals surface area contributed by atoms with E-state index < -0.39 is 48.8 Å². The molecule has 5 fully saturated rings. The fourth-order valence-electron chi connectivity index (χ4n) is 9.74. The number of fused-ring (bicyclic) bond motifs is 1. The van der Waals surface area contributed by atoms with Gasteiger partial charge in [0.05, 0.1) is 35.4 Å². The molecule has 3 amide bonds. The Hall–Kier alpha value is -4.95. The lowest BCUT2D eigenvalue weighted by Gasteiger charge is -2.64. The van der Waals surface area contributed by atoms with Crippen LogP contribution < -0.4 is 15.4 Å². The Bertz CT molecular complexity index is 2160. The molecule has 0 radical (unpaired) electrons. The van der Waals surface area contributed by atoms with Gasteiger partial charge in [0, 0.05) is 24.1 Å². The second kappa shape index (κ2) is 15.7. The van der Waals surface area contributed by atoms with Gasteiger partial charge in [-0.25, -0.2) is 14.5 Å². The van der Waals surface area contributed by atoms with Crippen LogP contribution in [0.25, 0.3) is 16.7 Å². The fraction of sp³-hybridized carbons (Fsp3) is 0.523. The average molecular weight is 791 g/mol. The van der Waals surface area contributed by atoms with Crippen molar-refractivity contribution in [2.24, 2.45) is 23.2 Å². The number of aromatic nitrogens is 3. The minimum absolute atomic E-state index is 0.0344. The lowest BCUT2D eigenvalue weighted by molar-refractivity contribution is -0.199. The summed E-state index contributed by atoms with van der Waals surface area (Å²) in [6.07, 6.45) is 3.38. The van der Waals surface area contributed by atoms with E-state index in [1.165, 1.54) is 0 Å². The molecule has 2 aliphatic heterocycles. The van der Waals surface area contributed by atoms with Crippen molar-refractivity contribution in [1.29, 1.82) is 0 Å². The van der Waals surface area contributed by atoms with Gasteiger partial charge in [-0.2, -0.15) is 5.10 Å². The summed E-state index contributed by atoms with van der Waals surface area (Å²) in [6.45, 7) is 14.6. The minimum atomic E-state index is -0.963. The predicted molar refractivity (Wildman–Crippen MR) is 219 cm³/mol. The summed E-state index contributed by atoms with van der Waals surface area (Å²) < 4.78 is 27.3. The maximum atomic E-state index is 14.6. The molecule has 3 saturated carbocycles. The monoisotopic (exact) mass is 790 g/mol. The van der Waals surface area contributed by atoms with E-state index in [-0.39, 0.29) is 42.9 Å². The summed E-state index contributed by atoms with van der Waals surface area (Å²) in [5.74, 6) is 0.639. The zero-order valence-electron chi connectivity index (χ0n) is 34.5. The van der Waals surface area contributed by atoms with E-state index in [9.17, 15) is 14.4 Å². The van der Waals surface area contributed by atoms with Crippen molar-refractivity contribution in [2.45, 2.75) is 117 Å². The standard InChI is InChI=1S/C44H55BN6O7/c1-8-37(45-57-36-21-29-20-35(43(29,5)6)44(36,7)58-45)47-40(52)33-22-30(56-34-23-38(51-19-18-27(4)49-51)46-32-17-13-12-16-31(32)34)24-50(33)41(53)39(26(2)3)48-42(54)55-25-28-14-10-9-11-15-28/h9-19,23,26,29-30,33,35-37,39H,8,20-22,24-25H2,1-7H3,(H,47,52)(H,48,54)/t29-,30-,33+,35-,36?,37+,39+,44+/m1/s1. The molecule has 2 aromatic carbocycles. The number of nitrogens with one attached hydrogen (secondary N) is 2. The maximum Gasteiger partial charge on any atom is 0.481 e. The third-order valence-corrected chi connectivity index (χ3v) is 13.2. The van der Waals surface area contributed by atoms with E-state index in [2.05, 4.69) is 36.5 Å². The Kier molecular flexibility index (Phi) is 10.8. The Morgan fingerprint density at radius 2 is 1.76 bits per heavy atom. The van der Waals surface area contributed by atoms with E-state index >= 15 is 0 Å². The number of aryl methyl sites for hydroxylation is 1. The van der Waals surface area contributed by atoms with Crippen molar-refractivity contribution >= 4 is 35.9 Å². The lowest BCUT2D eigenvalue weighted by atomic mass is 9.43. The van der Waals surface area contributed by atoms with E-state index in [0.29, 0.717) is 29.8 Å². The molecule has 14 heteroatoms. The fourth-order valence-corrected chi connectivity index (χ4v) is 9.74. The summed E-state index contributed by atoms with van der Waals surface area (Å²) in [5.41, 5.74) is 2.15. The van der Waals surface area contributed by atoms with Crippen LogP contribution in [0.3, 0.4) is 0 Å². The van der Waals surface area contributed by atoms with Crippen LogP contribution in [-0.2, 0) is 30.2 Å². The van der Waals surface area contributed by atoms with Gasteiger partial charge in [-0.1, -0.05) is 77.1 Å².